The van der Waals surface area contributed by atoms with Gasteiger partial charge in [0.1, 0.15) is 5.15 Å². The summed E-state index contributed by atoms with van der Waals surface area (Å²) in [6.45, 7) is 3.80. The summed E-state index contributed by atoms with van der Waals surface area (Å²) in [5.41, 5.74) is 6.96. The first-order valence-corrected chi connectivity index (χ1v) is 8.24. The van der Waals surface area contributed by atoms with E-state index in [0.717, 1.165) is 31.5 Å². The first-order valence-electron chi connectivity index (χ1n) is 7.86. The maximum absolute atomic E-state index is 5.83. The Hall–Kier alpha value is -1.29. The molecule has 21 heavy (non-hydrogen) atoms. The van der Waals surface area contributed by atoms with Crippen LogP contribution < -0.4 is 11.1 Å². The van der Waals surface area contributed by atoms with Gasteiger partial charge in [-0.3, -0.25) is 4.99 Å². The van der Waals surface area contributed by atoms with Crippen molar-refractivity contribution in [1.29, 1.82) is 0 Å². The Balaban J connectivity index is 2.05. The Morgan fingerprint density at radius 2 is 2.00 bits per heavy atom. The zero-order valence-corrected chi connectivity index (χ0v) is 13.7. The van der Waals surface area contributed by atoms with Crippen LogP contribution in [0.5, 0.6) is 0 Å². The SMILES string of the molecule is CCCCCCCCN=C(N)NCCc1ccc(Cl)nc1. The second-order valence-electron chi connectivity index (χ2n) is 5.20. The van der Waals surface area contributed by atoms with Gasteiger partial charge in [-0.15, -0.1) is 0 Å². The van der Waals surface area contributed by atoms with Crippen LogP contribution in [0.15, 0.2) is 23.3 Å². The van der Waals surface area contributed by atoms with E-state index in [9.17, 15) is 0 Å². The van der Waals surface area contributed by atoms with Crippen molar-refractivity contribution in [3.63, 3.8) is 0 Å². The van der Waals surface area contributed by atoms with Crippen molar-refractivity contribution in [1.82, 2.24) is 10.3 Å². The highest BCUT2D eigenvalue weighted by Crippen LogP contribution is 2.05. The van der Waals surface area contributed by atoms with Crippen LogP contribution >= 0.6 is 11.6 Å². The fourth-order valence-corrected chi connectivity index (χ4v) is 2.15. The lowest BCUT2D eigenvalue weighted by molar-refractivity contribution is 0.611. The van der Waals surface area contributed by atoms with Gasteiger partial charge in [-0.05, 0) is 24.5 Å². The van der Waals surface area contributed by atoms with Crippen molar-refractivity contribution in [3.8, 4) is 0 Å². The molecule has 5 heteroatoms. The molecule has 0 fully saturated rings. The maximum Gasteiger partial charge on any atom is 0.188 e. The number of aliphatic imine (C=N–C) groups is 1. The lowest BCUT2D eigenvalue weighted by Crippen LogP contribution is -2.33. The minimum atomic E-state index is 0.520. The number of aromatic nitrogens is 1. The zero-order valence-electron chi connectivity index (χ0n) is 12.9. The van der Waals surface area contributed by atoms with E-state index in [2.05, 4.69) is 22.2 Å². The van der Waals surface area contributed by atoms with Gasteiger partial charge in [-0.25, -0.2) is 4.98 Å². The molecule has 3 N–H and O–H groups in total. The molecule has 1 aromatic heterocycles. The Labute approximate surface area is 133 Å². The topological polar surface area (TPSA) is 63.3 Å². The summed E-state index contributed by atoms with van der Waals surface area (Å²) in [5.74, 6) is 0.533. The van der Waals surface area contributed by atoms with Crippen molar-refractivity contribution in [2.24, 2.45) is 10.7 Å². The lowest BCUT2D eigenvalue weighted by Gasteiger charge is -2.05. The molecule has 0 spiro atoms. The van der Waals surface area contributed by atoms with Gasteiger partial charge in [0.05, 0.1) is 0 Å². The van der Waals surface area contributed by atoms with Crippen LogP contribution in [0.1, 0.15) is 51.0 Å². The molecule has 0 radical (unpaired) electrons. The number of halogens is 1. The summed E-state index contributed by atoms with van der Waals surface area (Å²) in [5, 5.41) is 3.64. The van der Waals surface area contributed by atoms with Gasteiger partial charge < -0.3 is 11.1 Å². The molecule has 4 nitrogen and oxygen atoms in total. The molecule has 0 saturated heterocycles. The fourth-order valence-electron chi connectivity index (χ4n) is 2.04. The molecular formula is C16H27ClN4. The van der Waals surface area contributed by atoms with Crippen molar-refractivity contribution < 1.29 is 0 Å². The van der Waals surface area contributed by atoms with Crippen LogP contribution in [0.25, 0.3) is 0 Å². The molecule has 0 bridgehead atoms. The number of nitrogens with one attached hydrogen (secondary N) is 1. The molecule has 1 heterocycles. The van der Waals surface area contributed by atoms with Crippen LogP contribution in [0.2, 0.25) is 5.15 Å². The Kier molecular flexibility index (Phi) is 9.62. The highest BCUT2D eigenvalue weighted by atomic mass is 35.5. The van der Waals surface area contributed by atoms with Gasteiger partial charge in [0.2, 0.25) is 0 Å². The van der Waals surface area contributed by atoms with Crippen molar-refractivity contribution >= 4 is 17.6 Å². The molecule has 0 saturated carbocycles. The molecule has 0 aliphatic carbocycles. The van der Waals surface area contributed by atoms with Crippen LogP contribution in [0.4, 0.5) is 0 Å². The minimum Gasteiger partial charge on any atom is -0.370 e. The second kappa shape index (κ2) is 11.4. The normalized spacial score (nSPS) is 11.6. The Bertz CT molecular complexity index is 403. The number of unbranched alkanes of at least 4 members (excludes halogenated alkanes) is 5. The summed E-state index contributed by atoms with van der Waals surface area (Å²) in [7, 11) is 0. The Morgan fingerprint density at radius 3 is 2.71 bits per heavy atom. The molecule has 0 unspecified atom stereocenters. The average molecular weight is 311 g/mol. The van der Waals surface area contributed by atoms with E-state index in [0.29, 0.717) is 11.1 Å². The number of pyridine rings is 1. The van der Waals surface area contributed by atoms with Crippen LogP contribution in [0, 0.1) is 0 Å². The van der Waals surface area contributed by atoms with Crippen LogP contribution in [-0.2, 0) is 6.42 Å². The number of guanidine groups is 1. The quantitative estimate of drug-likeness (QED) is 0.301. The second-order valence-corrected chi connectivity index (χ2v) is 5.59. The molecule has 0 atom stereocenters. The van der Waals surface area contributed by atoms with Gasteiger partial charge in [0, 0.05) is 19.3 Å². The van der Waals surface area contributed by atoms with E-state index in [1.165, 1.54) is 32.1 Å². The third kappa shape index (κ3) is 9.29. The molecule has 0 aliphatic heterocycles. The third-order valence-corrected chi connectivity index (χ3v) is 3.53. The number of nitrogens with two attached hydrogens (primary N) is 1. The third-order valence-electron chi connectivity index (χ3n) is 3.30. The number of nitrogens with zero attached hydrogens (tertiary/aromatic N) is 2. The van der Waals surface area contributed by atoms with Gasteiger partial charge in [-0.2, -0.15) is 0 Å². The predicted molar refractivity (Wildman–Crippen MR) is 90.8 cm³/mol. The highest BCUT2D eigenvalue weighted by molar-refractivity contribution is 6.29. The molecule has 0 amide bonds. The molecule has 1 rings (SSSR count). The van der Waals surface area contributed by atoms with Gasteiger partial charge >= 0.3 is 0 Å². The summed E-state index contributed by atoms with van der Waals surface area (Å²) in [4.78, 5) is 8.38. The van der Waals surface area contributed by atoms with Crippen LogP contribution in [-0.4, -0.2) is 24.0 Å². The smallest absolute Gasteiger partial charge is 0.188 e. The van der Waals surface area contributed by atoms with Crippen molar-refractivity contribution in [2.45, 2.75) is 51.9 Å². The summed E-state index contributed by atoms with van der Waals surface area (Å²) in [6.07, 6.45) is 10.3. The first kappa shape index (κ1) is 17.8. The fraction of sp³-hybridized carbons (Fsp3) is 0.625. The molecule has 118 valence electrons. The summed E-state index contributed by atoms with van der Waals surface area (Å²) >= 11 is 5.74. The molecular weight excluding hydrogens is 284 g/mol. The van der Waals surface area contributed by atoms with E-state index >= 15 is 0 Å². The lowest BCUT2D eigenvalue weighted by atomic mass is 10.1. The monoisotopic (exact) mass is 310 g/mol. The predicted octanol–water partition coefficient (Wildman–Crippen LogP) is 3.54. The standard InChI is InChI=1S/C16H27ClN4/c1-2-3-4-5-6-7-11-19-16(18)20-12-10-14-8-9-15(17)21-13-14/h8-9,13H,2-7,10-12H2,1H3,(H3,18,19,20). The van der Waals surface area contributed by atoms with Gasteiger partial charge in [0.25, 0.3) is 0 Å². The van der Waals surface area contributed by atoms with Crippen molar-refractivity contribution in [2.75, 3.05) is 13.1 Å². The Morgan fingerprint density at radius 1 is 1.24 bits per heavy atom. The zero-order chi connectivity index (χ0) is 15.3. The maximum atomic E-state index is 5.83. The highest BCUT2D eigenvalue weighted by Gasteiger charge is 1.96. The van der Waals surface area contributed by atoms with E-state index in [1.807, 2.05) is 6.07 Å². The van der Waals surface area contributed by atoms with E-state index in [-0.39, 0.29) is 0 Å². The van der Waals surface area contributed by atoms with Gasteiger partial charge in [-0.1, -0.05) is 56.7 Å². The number of rotatable bonds is 10. The largest absolute Gasteiger partial charge is 0.370 e. The number of hydrogen-bond acceptors (Lipinski definition) is 2. The first-order chi connectivity index (χ1) is 10.2. The van der Waals surface area contributed by atoms with E-state index < -0.39 is 0 Å². The van der Waals surface area contributed by atoms with Crippen LogP contribution in [0.3, 0.4) is 0 Å². The molecule has 0 aromatic carbocycles. The molecule has 1 aromatic rings. The van der Waals surface area contributed by atoms with Gasteiger partial charge in [0.15, 0.2) is 5.96 Å². The number of hydrogen-bond donors (Lipinski definition) is 2. The summed E-state index contributed by atoms with van der Waals surface area (Å²) < 4.78 is 0. The summed E-state index contributed by atoms with van der Waals surface area (Å²) in [6, 6.07) is 3.77. The average Bonchev–Trinajstić information content (AvgIpc) is 2.48. The minimum absolute atomic E-state index is 0.520. The molecule has 0 aliphatic rings. The van der Waals surface area contributed by atoms with E-state index in [4.69, 9.17) is 17.3 Å². The van der Waals surface area contributed by atoms with E-state index in [1.54, 1.807) is 12.3 Å². The van der Waals surface area contributed by atoms with Crippen molar-refractivity contribution in [3.05, 3.63) is 29.0 Å².